The normalized spacial score (nSPS) is 15.5. The van der Waals surface area contributed by atoms with Crippen LogP contribution in [0.5, 0.6) is 5.75 Å². The molecule has 0 saturated carbocycles. The Morgan fingerprint density at radius 3 is 2.35 bits per heavy atom. The summed E-state index contributed by atoms with van der Waals surface area (Å²) in [5, 5.41) is 2.80. The van der Waals surface area contributed by atoms with Gasteiger partial charge in [0, 0.05) is 38.5 Å². The number of likely N-dealkylation sites (N-methyl/N-ethyl adjacent to an activating group) is 1. The third kappa shape index (κ3) is 6.04. The number of carbonyl (C=O) groups is 1. The first-order chi connectivity index (χ1) is 14.9. The monoisotopic (exact) mass is 447 g/mol. The quantitative estimate of drug-likeness (QED) is 0.594. The van der Waals surface area contributed by atoms with E-state index < -0.39 is 10.0 Å². The van der Waals surface area contributed by atoms with Crippen molar-refractivity contribution in [1.29, 1.82) is 0 Å². The van der Waals surface area contributed by atoms with Crippen LogP contribution in [0.25, 0.3) is 0 Å². The number of piperazine rings is 1. The summed E-state index contributed by atoms with van der Waals surface area (Å²) in [6.45, 7) is 5.65. The van der Waals surface area contributed by atoms with Crippen molar-refractivity contribution >= 4 is 21.6 Å². The van der Waals surface area contributed by atoms with Crippen molar-refractivity contribution in [2.45, 2.75) is 11.8 Å². The van der Waals surface area contributed by atoms with Gasteiger partial charge in [0.25, 0.3) is 5.91 Å². The van der Waals surface area contributed by atoms with Crippen molar-refractivity contribution in [3.63, 3.8) is 0 Å². The van der Waals surface area contributed by atoms with Gasteiger partial charge in [0.2, 0.25) is 10.0 Å². The standard InChI is InChI=1S/C22H29N3O5S/c1-3-29-16-17-30-21-7-5-4-6-20(21)22(26)23-18-8-10-19(11-9-18)31(27,28)25-14-12-24(2)13-15-25/h4-11H,3,12-17H2,1-2H3,(H,23,26). The number of hydrogen-bond donors (Lipinski definition) is 1. The van der Waals surface area contributed by atoms with Gasteiger partial charge in [-0.05, 0) is 50.4 Å². The third-order valence-corrected chi connectivity index (χ3v) is 6.95. The second-order valence-corrected chi connectivity index (χ2v) is 9.17. The second-order valence-electron chi connectivity index (χ2n) is 7.23. The second kappa shape index (κ2) is 10.7. The van der Waals surface area contributed by atoms with Gasteiger partial charge in [0.15, 0.2) is 0 Å². The molecule has 0 atom stereocenters. The summed E-state index contributed by atoms with van der Waals surface area (Å²) < 4.78 is 38.1. The number of amides is 1. The molecule has 0 unspecified atom stereocenters. The van der Waals surface area contributed by atoms with Gasteiger partial charge >= 0.3 is 0 Å². The van der Waals surface area contributed by atoms with Crippen molar-refractivity contribution in [2.24, 2.45) is 0 Å². The number of rotatable bonds is 9. The molecule has 0 radical (unpaired) electrons. The highest BCUT2D eigenvalue weighted by Gasteiger charge is 2.27. The zero-order valence-corrected chi connectivity index (χ0v) is 18.7. The highest BCUT2D eigenvalue weighted by Crippen LogP contribution is 2.22. The molecule has 1 amide bonds. The van der Waals surface area contributed by atoms with Gasteiger partial charge in [0.1, 0.15) is 12.4 Å². The fourth-order valence-electron chi connectivity index (χ4n) is 3.22. The van der Waals surface area contributed by atoms with Gasteiger partial charge in [-0.2, -0.15) is 4.31 Å². The lowest BCUT2D eigenvalue weighted by Crippen LogP contribution is -2.46. The fourth-order valence-corrected chi connectivity index (χ4v) is 4.64. The van der Waals surface area contributed by atoms with Crippen LogP contribution in [0.15, 0.2) is 53.4 Å². The van der Waals surface area contributed by atoms with E-state index >= 15 is 0 Å². The summed E-state index contributed by atoms with van der Waals surface area (Å²) in [6.07, 6.45) is 0. The van der Waals surface area contributed by atoms with Crippen molar-refractivity contribution < 1.29 is 22.7 Å². The predicted molar refractivity (Wildman–Crippen MR) is 119 cm³/mol. The van der Waals surface area contributed by atoms with Gasteiger partial charge in [-0.1, -0.05) is 12.1 Å². The summed E-state index contributed by atoms with van der Waals surface area (Å²) in [4.78, 5) is 15.0. The number of para-hydroxylation sites is 1. The lowest BCUT2D eigenvalue weighted by Gasteiger charge is -2.31. The number of anilines is 1. The van der Waals surface area contributed by atoms with Crippen LogP contribution < -0.4 is 10.1 Å². The summed E-state index contributed by atoms with van der Waals surface area (Å²) in [7, 11) is -1.57. The van der Waals surface area contributed by atoms with Gasteiger partial charge in [-0.15, -0.1) is 0 Å². The van der Waals surface area contributed by atoms with E-state index in [1.165, 1.54) is 16.4 Å². The SMILES string of the molecule is CCOCCOc1ccccc1C(=O)Nc1ccc(S(=O)(=O)N2CCN(C)CC2)cc1. The van der Waals surface area contributed by atoms with Crippen molar-refractivity contribution in [3.05, 3.63) is 54.1 Å². The number of nitrogens with one attached hydrogen (secondary N) is 1. The minimum atomic E-state index is -3.54. The molecule has 1 aliphatic rings. The van der Waals surface area contributed by atoms with E-state index in [-0.39, 0.29) is 10.8 Å². The van der Waals surface area contributed by atoms with Crippen LogP contribution in [0.3, 0.4) is 0 Å². The number of sulfonamides is 1. The molecule has 0 spiro atoms. The fraction of sp³-hybridized carbons (Fsp3) is 0.409. The molecule has 0 bridgehead atoms. The van der Waals surface area contributed by atoms with E-state index in [4.69, 9.17) is 9.47 Å². The number of carbonyl (C=O) groups excluding carboxylic acids is 1. The first kappa shape index (κ1) is 23.2. The van der Waals surface area contributed by atoms with Crippen LogP contribution in [-0.4, -0.2) is 76.6 Å². The molecule has 1 heterocycles. The van der Waals surface area contributed by atoms with Crippen LogP contribution >= 0.6 is 0 Å². The molecule has 2 aromatic carbocycles. The molecular weight excluding hydrogens is 418 g/mol. The molecule has 31 heavy (non-hydrogen) atoms. The highest BCUT2D eigenvalue weighted by molar-refractivity contribution is 7.89. The van der Waals surface area contributed by atoms with Gasteiger partial charge < -0.3 is 19.7 Å². The summed E-state index contributed by atoms with van der Waals surface area (Å²) in [6, 6.07) is 13.2. The Hall–Kier alpha value is -2.46. The first-order valence-electron chi connectivity index (χ1n) is 10.3. The van der Waals surface area contributed by atoms with Crippen LogP contribution in [0.4, 0.5) is 5.69 Å². The highest BCUT2D eigenvalue weighted by atomic mass is 32.2. The Labute approximate surface area is 183 Å². The zero-order valence-electron chi connectivity index (χ0n) is 17.9. The number of benzene rings is 2. The summed E-state index contributed by atoms with van der Waals surface area (Å²) in [5.74, 6) is 0.135. The van der Waals surface area contributed by atoms with Crippen molar-refractivity contribution in [2.75, 3.05) is 58.4 Å². The van der Waals surface area contributed by atoms with Crippen LogP contribution in [-0.2, 0) is 14.8 Å². The molecule has 9 heteroatoms. The molecule has 2 aromatic rings. The lowest BCUT2D eigenvalue weighted by atomic mass is 10.2. The molecule has 1 aliphatic heterocycles. The Morgan fingerprint density at radius 1 is 1.00 bits per heavy atom. The largest absolute Gasteiger partial charge is 0.490 e. The molecule has 8 nitrogen and oxygen atoms in total. The predicted octanol–water partition coefficient (Wildman–Crippen LogP) is 2.29. The van der Waals surface area contributed by atoms with Crippen molar-refractivity contribution in [1.82, 2.24) is 9.21 Å². The molecule has 1 saturated heterocycles. The average molecular weight is 448 g/mol. The van der Waals surface area contributed by atoms with Crippen LogP contribution in [0.1, 0.15) is 17.3 Å². The van der Waals surface area contributed by atoms with Crippen LogP contribution in [0, 0.1) is 0 Å². The summed E-state index contributed by atoms with van der Waals surface area (Å²) in [5.41, 5.74) is 0.902. The van der Waals surface area contributed by atoms with E-state index in [2.05, 4.69) is 10.2 Å². The van der Waals surface area contributed by atoms with Gasteiger partial charge in [0.05, 0.1) is 17.1 Å². The Morgan fingerprint density at radius 2 is 1.68 bits per heavy atom. The molecular formula is C22H29N3O5S. The average Bonchev–Trinajstić information content (AvgIpc) is 2.77. The number of ether oxygens (including phenoxy) is 2. The maximum Gasteiger partial charge on any atom is 0.259 e. The maximum absolute atomic E-state index is 12.8. The Bertz CT molecular complexity index is 971. The van der Waals surface area contributed by atoms with E-state index in [1.807, 2.05) is 14.0 Å². The first-order valence-corrected chi connectivity index (χ1v) is 11.8. The molecule has 0 aromatic heterocycles. The van der Waals surface area contributed by atoms with E-state index in [0.29, 0.717) is 63.0 Å². The topological polar surface area (TPSA) is 88.2 Å². The van der Waals surface area contributed by atoms with E-state index in [1.54, 1.807) is 36.4 Å². The lowest BCUT2D eigenvalue weighted by molar-refractivity contribution is 0.0998. The van der Waals surface area contributed by atoms with Crippen LogP contribution in [0.2, 0.25) is 0 Å². The number of nitrogens with zero attached hydrogens (tertiary/aromatic N) is 2. The molecule has 3 rings (SSSR count). The zero-order chi connectivity index (χ0) is 22.3. The summed E-state index contributed by atoms with van der Waals surface area (Å²) >= 11 is 0. The molecule has 168 valence electrons. The van der Waals surface area contributed by atoms with Gasteiger partial charge in [-0.25, -0.2) is 8.42 Å². The van der Waals surface area contributed by atoms with E-state index in [0.717, 1.165) is 0 Å². The number of hydrogen-bond acceptors (Lipinski definition) is 6. The van der Waals surface area contributed by atoms with E-state index in [9.17, 15) is 13.2 Å². The smallest absolute Gasteiger partial charge is 0.259 e. The van der Waals surface area contributed by atoms with Gasteiger partial charge in [-0.3, -0.25) is 4.79 Å². The third-order valence-electron chi connectivity index (χ3n) is 5.03. The molecule has 1 N–H and O–H groups in total. The Kier molecular flexibility index (Phi) is 8.03. The van der Waals surface area contributed by atoms with Crippen molar-refractivity contribution in [3.8, 4) is 5.75 Å². The minimum Gasteiger partial charge on any atom is -0.490 e. The minimum absolute atomic E-state index is 0.217. The Balaban J connectivity index is 1.65. The molecule has 1 fully saturated rings. The maximum atomic E-state index is 12.8. The molecule has 0 aliphatic carbocycles.